The minimum absolute atomic E-state index is 0.109. The van der Waals surface area contributed by atoms with Crippen LogP contribution < -0.4 is 19.9 Å². The summed E-state index contributed by atoms with van der Waals surface area (Å²) in [6.07, 6.45) is 3.35. The Morgan fingerprint density at radius 3 is 2.67 bits per heavy atom. The number of nitrogens with one attached hydrogen (secondary N) is 1. The molecule has 2 saturated heterocycles. The molecule has 1 aromatic heterocycles. The number of aromatic nitrogens is 1. The molecule has 0 bridgehead atoms. The molecule has 0 spiro atoms. The predicted molar refractivity (Wildman–Crippen MR) is 162 cm³/mol. The highest BCUT2D eigenvalue weighted by Crippen LogP contribution is 2.41. The number of urea groups is 1. The van der Waals surface area contributed by atoms with E-state index in [1.165, 1.54) is 19.4 Å². The number of rotatable bonds is 4. The summed E-state index contributed by atoms with van der Waals surface area (Å²) < 4.78 is 5.85. The number of ether oxygens (including phenoxy) is 1. The van der Waals surface area contributed by atoms with Gasteiger partial charge in [0.1, 0.15) is 5.75 Å². The first kappa shape index (κ1) is 24.9. The molecule has 1 N–H and O–H groups in total. The van der Waals surface area contributed by atoms with Crippen LogP contribution >= 0.6 is 0 Å². The molecule has 3 aromatic carbocycles. The van der Waals surface area contributed by atoms with Gasteiger partial charge in [-0.05, 0) is 74.0 Å². The van der Waals surface area contributed by atoms with Crippen molar-refractivity contribution in [3.05, 3.63) is 78.0 Å². The second kappa shape index (κ2) is 10.1. The van der Waals surface area contributed by atoms with Crippen molar-refractivity contribution < 1.29 is 9.53 Å². The Hall–Kier alpha value is -4.10. The van der Waals surface area contributed by atoms with E-state index in [2.05, 4.69) is 45.4 Å². The average Bonchev–Trinajstić information content (AvgIpc) is 3.62. The molecule has 0 aliphatic carbocycles. The number of hydrogen-bond acceptors (Lipinski definition) is 5. The summed E-state index contributed by atoms with van der Waals surface area (Å²) in [6, 6.07) is 23.1. The maximum Gasteiger partial charge on any atom is 0.326 e. The molecule has 3 aliphatic heterocycles. The first-order valence-electron chi connectivity index (χ1n) is 14.3. The van der Waals surface area contributed by atoms with Gasteiger partial charge in [0.15, 0.2) is 0 Å². The van der Waals surface area contributed by atoms with Crippen molar-refractivity contribution in [2.45, 2.75) is 32.2 Å². The van der Waals surface area contributed by atoms with Crippen molar-refractivity contribution in [3.8, 4) is 17.0 Å². The largest absolute Gasteiger partial charge is 0.495 e. The molecule has 40 heavy (non-hydrogen) atoms. The van der Waals surface area contributed by atoms with E-state index in [1.807, 2.05) is 48.2 Å². The molecule has 1 atom stereocenters. The van der Waals surface area contributed by atoms with Gasteiger partial charge in [0.25, 0.3) is 0 Å². The van der Waals surface area contributed by atoms with E-state index in [-0.39, 0.29) is 6.03 Å². The maximum absolute atomic E-state index is 13.8. The number of pyridine rings is 1. The van der Waals surface area contributed by atoms with E-state index in [1.54, 1.807) is 7.11 Å². The van der Waals surface area contributed by atoms with Crippen molar-refractivity contribution in [1.29, 1.82) is 0 Å². The van der Waals surface area contributed by atoms with Crippen LogP contribution in [0.5, 0.6) is 5.75 Å². The minimum Gasteiger partial charge on any atom is -0.495 e. The molecular formula is C33H35N5O2. The van der Waals surface area contributed by atoms with E-state index < -0.39 is 0 Å². The Bertz CT molecular complexity index is 1600. The third-order valence-corrected chi connectivity index (χ3v) is 8.78. The maximum atomic E-state index is 13.8. The summed E-state index contributed by atoms with van der Waals surface area (Å²) in [5, 5.41) is 5.30. The monoisotopic (exact) mass is 533 g/mol. The Balaban J connectivity index is 1.18. The zero-order valence-electron chi connectivity index (χ0n) is 23.2. The Morgan fingerprint density at radius 1 is 0.950 bits per heavy atom. The summed E-state index contributed by atoms with van der Waals surface area (Å²) in [5.74, 6) is 0.902. The van der Waals surface area contributed by atoms with E-state index in [0.717, 1.165) is 82.2 Å². The fourth-order valence-electron chi connectivity index (χ4n) is 6.75. The number of benzene rings is 3. The van der Waals surface area contributed by atoms with Gasteiger partial charge in [0.2, 0.25) is 0 Å². The number of anilines is 3. The lowest BCUT2D eigenvalue weighted by Gasteiger charge is -2.39. The normalized spacial score (nSPS) is 18.6. The van der Waals surface area contributed by atoms with Gasteiger partial charge in [-0.1, -0.05) is 36.4 Å². The van der Waals surface area contributed by atoms with E-state index in [0.29, 0.717) is 12.6 Å². The quantitative estimate of drug-likeness (QED) is 0.344. The van der Waals surface area contributed by atoms with Crippen molar-refractivity contribution in [2.24, 2.45) is 0 Å². The highest BCUT2D eigenvalue weighted by Gasteiger charge is 2.33. The summed E-state index contributed by atoms with van der Waals surface area (Å²) >= 11 is 0. The summed E-state index contributed by atoms with van der Waals surface area (Å²) in [5.41, 5.74) is 7.00. The zero-order valence-corrected chi connectivity index (χ0v) is 23.2. The lowest BCUT2D eigenvalue weighted by atomic mass is 10.0. The molecule has 0 radical (unpaired) electrons. The fraction of sp³-hybridized carbons (Fsp3) is 0.333. The third-order valence-electron chi connectivity index (χ3n) is 8.78. The first-order chi connectivity index (χ1) is 19.6. The molecule has 7 nitrogen and oxygen atoms in total. The van der Waals surface area contributed by atoms with Gasteiger partial charge in [-0.3, -0.25) is 14.8 Å². The molecule has 1 unspecified atom stereocenters. The molecular weight excluding hydrogens is 498 g/mol. The zero-order chi connectivity index (χ0) is 27.2. The second-order valence-corrected chi connectivity index (χ2v) is 11.1. The number of aryl methyl sites for hydroxylation is 1. The van der Waals surface area contributed by atoms with Crippen LogP contribution in [0.2, 0.25) is 0 Å². The van der Waals surface area contributed by atoms with Crippen LogP contribution in [0.4, 0.5) is 21.9 Å². The average molecular weight is 534 g/mol. The Labute approximate surface area is 235 Å². The Kier molecular flexibility index (Phi) is 6.31. The van der Waals surface area contributed by atoms with Crippen LogP contribution in [-0.4, -0.2) is 61.8 Å². The predicted octanol–water partition coefficient (Wildman–Crippen LogP) is 6.10. The molecule has 7 rings (SSSR count). The highest BCUT2D eigenvalue weighted by atomic mass is 16.5. The van der Waals surface area contributed by atoms with Crippen molar-refractivity contribution >= 4 is 33.9 Å². The van der Waals surface area contributed by atoms with Crippen molar-refractivity contribution in [2.75, 3.05) is 55.0 Å². The second-order valence-electron chi connectivity index (χ2n) is 11.1. The van der Waals surface area contributed by atoms with E-state index in [4.69, 9.17) is 9.72 Å². The van der Waals surface area contributed by atoms with Crippen molar-refractivity contribution in [1.82, 2.24) is 9.88 Å². The van der Waals surface area contributed by atoms with Crippen LogP contribution in [0.15, 0.2) is 66.7 Å². The standard InChI is InChI=1S/C33H35N5O2/c1-22-7-3-12-28(34-22)26-10-4-11-27-25(26)9-5-13-29(27)35-33(39)38-16-14-23-19-32(40-2)31(20-30(23)38)37-18-17-36-15-6-8-24(36)21-37/h3-5,7,9-13,19-20,24H,6,8,14-18,21H2,1-2H3,(H,35,39). The SMILES string of the molecule is COc1cc2c(cc1N1CCN3CCCC3C1)N(C(=O)Nc1cccc3c(-c4cccc(C)n4)cccc13)CC2. The van der Waals surface area contributed by atoms with Gasteiger partial charge in [0.05, 0.1) is 29.9 Å². The van der Waals surface area contributed by atoms with Gasteiger partial charge in [-0.2, -0.15) is 0 Å². The topological polar surface area (TPSA) is 60.9 Å². The molecule has 204 valence electrons. The van der Waals surface area contributed by atoms with Crippen LogP contribution in [-0.2, 0) is 6.42 Å². The lowest BCUT2D eigenvalue weighted by molar-refractivity contribution is 0.230. The highest BCUT2D eigenvalue weighted by molar-refractivity contribution is 6.10. The van der Waals surface area contributed by atoms with Crippen LogP contribution in [0.25, 0.3) is 22.0 Å². The Morgan fingerprint density at radius 2 is 1.80 bits per heavy atom. The number of fused-ring (bicyclic) bond motifs is 3. The summed E-state index contributed by atoms with van der Waals surface area (Å²) in [6.45, 7) is 6.93. The van der Waals surface area contributed by atoms with Gasteiger partial charge in [-0.15, -0.1) is 0 Å². The number of methoxy groups -OCH3 is 1. The summed E-state index contributed by atoms with van der Waals surface area (Å²) in [4.78, 5) is 25.4. The molecule has 3 aliphatic rings. The van der Waals surface area contributed by atoms with Gasteiger partial charge < -0.3 is 15.0 Å². The van der Waals surface area contributed by atoms with Crippen LogP contribution in [0.1, 0.15) is 24.1 Å². The van der Waals surface area contributed by atoms with Crippen molar-refractivity contribution in [3.63, 3.8) is 0 Å². The molecule has 2 fully saturated rings. The van der Waals surface area contributed by atoms with Gasteiger partial charge >= 0.3 is 6.03 Å². The number of carbonyl (C=O) groups excluding carboxylic acids is 1. The smallest absolute Gasteiger partial charge is 0.326 e. The van der Waals surface area contributed by atoms with Crippen LogP contribution in [0.3, 0.4) is 0 Å². The first-order valence-corrected chi connectivity index (χ1v) is 14.3. The fourth-order valence-corrected chi connectivity index (χ4v) is 6.75. The number of nitrogens with zero attached hydrogens (tertiary/aromatic N) is 4. The molecule has 7 heteroatoms. The summed E-state index contributed by atoms with van der Waals surface area (Å²) in [7, 11) is 1.75. The van der Waals surface area contributed by atoms with E-state index >= 15 is 0 Å². The number of amides is 2. The number of piperazine rings is 1. The lowest BCUT2D eigenvalue weighted by Crippen LogP contribution is -2.50. The van der Waals surface area contributed by atoms with Crippen LogP contribution in [0, 0.1) is 6.92 Å². The number of carbonyl (C=O) groups is 1. The molecule has 0 saturated carbocycles. The number of hydrogen-bond donors (Lipinski definition) is 1. The third kappa shape index (κ3) is 4.34. The van der Waals surface area contributed by atoms with E-state index in [9.17, 15) is 4.79 Å². The molecule has 2 amide bonds. The minimum atomic E-state index is -0.109. The van der Waals surface area contributed by atoms with Gasteiger partial charge in [0, 0.05) is 48.9 Å². The molecule has 4 aromatic rings. The van der Waals surface area contributed by atoms with Gasteiger partial charge in [-0.25, -0.2) is 4.79 Å². The molecule has 4 heterocycles.